The molecule has 3 nitrogen and oxygen atoms in total. The zero-order valence-electron chi connectivity index (χ0n) is 12.5. The van der Waals surface area contributed by atoms with E-state index in [1.54, 1.807) is 6.92 Å². The molecule has 0 unspecified atom stereocenters. The summed E-state index contributed by atoms with van der Waals surface area (Å²) in [5, 5.41) is 0.837. The molecule has 0 bridgehead atoms. The van der Waals surface area contributed by atoms with Crippen LogP contribution in [0.1, 0.15) is 22.8 Å². The highest BCUT2D eigenvalue weighted by molar-refractivity contribution is 7.80. The maximum absolute atomic E-state index is 12.3. The van der Waals surface area contributed by atoms with Crippen molar-refractivity contribution < 1.29 is 4.79 Å². The number of carbonyl (C=O) groups excluding carboxylic acids is 1. The third kappa shape index (κ3) is 2.12. The molecule has 0 radical (unpaired) electrons. The Labute approximate surface area is 134 Å². The summed E-state index contributed by atoms with van der Waals surface area (Å²) in [5.41, 5.74) is 10.1. The van der Waals surface area contributed by atoms with E-state index >= 15 is 0 Å². The minimum absolute atomic E-state index is 0.00755. The molecule has 3 aromatic rings. The normalized spacial score (nSPS) is 10.8. The monoisotopic (exact) mass is 308 g/mol. The topological polar surface area (TPSA) is 48.0 Å². The van der Waals surface area contributed by atoms with Crippen molar-refractivity contribution in [3.8, 4) is 11.3 Å². The summed E-state index contributed by atoms with van der Waals surface area (Å²) in [6, 6.07) is 15.6. The van der Waals surface area contributed by atoms with Crippen LogP contribution in [0.3, 0.4) is 0 Å². The largest absolute Gasteiger partial charge is 0.389 e. The zero-order chi connectivity index (χ0) is 15.9. The molecule has 0 aliphatic rings. The van der Waals surface area contributed by atoms with Gasteiger partial charge in [0.15, 0.2) is 5.78 Å². The number of Topliss-reactive ketones (excluding diaryl/α,β-unsaturated/α-hetero) is 1. The summed E-state index contributed by atoms with van der Waals surface area (Å²) < 4.78 is 2.03. The van der Waals surface area contributed by atoms with Gasteiger partial charge in [0, 0.05) is 23.5 Å². The van der Waals surface area contributed by atoms with Crippen LogP contribution >= 0.6 is 12.2 Å². The molecule has 0 aliphatic heterocycles. The molecule has 0 amide bonds. The van der Waals surface area contributed by atoms with E-state index in [1.807, 2.05) is 60.1 Å². The van der Waals surface area contributed by atoms with Gasteiger partial charge in [-0.15, -0.1) is 0 Å². The van der Waals surface area contributed by atoms with Crippen molar-refractivity contribution in [2.24, 2.45) is 12.8 Å². The zero-order valence-corrected chi connectivity index (χ0v) is 13.3. The molecular weight excluding hydrogens is 292 g/mol. The standard InChI is InChI=1S/C18H16N2OS/c1-11(21)15-16-13(18(19)22)9-6-10-14(16)20(2)17(15)12-7-4-3-5-8-12/h3-10H,1-2H3,(H2,19,22). The highest BCUT2D eigenvalue weighted by atomic mass is 32.1. The number of thiocarbonyl (C=S) groups is 1. The van der Waals surface area contributed by atoms with Gasteiger partial charge in [-0.1, -0.05) is 54.7 Å². The lowest BCUT2D eigenvalue weighted by Crippen LogP contribution is -2.10. The highest BCUT2D eigenvalue weighted by Crippen LogP contribution is 2.35. The van der Waals surface area contributed by atoms with Gasteiger partial charge in [0.1, 0.15) is 4.99 Å². The van der Waals surface area contributed by atoms with Crippen LogP contribution in [0.25, 0.3) is 22.2 Å². The van der Waals surface area contributed by atoms with Crippen LogP contribution in [0.15, 0.2) is 48.5 Å². The molecule has 0 saturated carbocycles. The van der Waals surface area contributed by atoms with Gasteiger partial charge in [-0.3, -0.25) is 4.79 Å². The van der Waals surface area contributed by atoms with Crippen LogP contribution in [0.4, 0.5) is 0 Å². The van der Waals surface area contributed by atoms with Crippen molar-refractivity contribution >= 4 is 33.9 Å². The fourth-order valence-corrected chi connectivity index (χ4v) is 3.14. The number of benzene rings is 2. The van der Waals surface area contributed by atoms with E-state index < -0.39 is 0 Å². The van der Waals surface area contributed by atoms with Crippen molar-refractivity contribution in [1.82, 2.24) is 4.57 Å². The Bertz CT molecular complexity index is 894. The van der Waals surface area contributed by atoms with Crippen LogP contribution < -0.4 is 5.73 Å². The minimum atomic E-state index is 0.00755. The number of carbonyl (C=O) groups is 1. The maximum atomic E-state index is 12.3. The summed E-state index contributed by atoms with van der Waals surface area (Å²) in [4.78, 5) is 12.6. The molecule has 110 valence electrons. The Hall–Kier alpha value is -2.46. The number of hydrogen-bond acceptors (Lipinski definition) is 2. The lowest BCUT2D eigenvalue weighted by atomic mass is 9.99. The van der Waals surface area contributed by atoms with E-state index in [4.69, 9.17) is 18.0 Å². The molecule has 4 heteroatoms. The lowest BCUT2D eigenvalue weighted by molar-refractivity contribution is 0.101. The number of rotatable bonds is 3. The fourth-order valence-electron chi connectivity index (χ4n) is 2.97. The van der Waals surface area contributed by atoms with Crippen LogP contribution in [0.5, 0.6) is 0 Å². The Kier molecular flexibility index (Phi) is 3.54. The quantitative estimate of drug-likeness (QED) is 0.593. The Balaban J connectivity index is 2.51. The molecule has 22 heavy (non-hydrogen) atoms. The average molecular weight is 308 g/mol. The van der Waals surface area contributed by atoms with Gasteiger partial charge in [0.2, 0.25) is 0 Å². The summed E-state index contributed by atoms with van der Waals surface area (Å²) in [6.07, 6.45) is 0. The SMILES string of the molecule is CC(=O)c1c(-c2ccccc2)n(C)c2cccc(C(N)=S)c12. The fraction of sp³-hybridized carbons (Fsp3) is 0.111. The first-order valence-electron chi connectivity index (χ1n) is 7.00. The Morgan fingerprint density at radius 3 is 2.36 bits per heavy atom. The molecule has 0 saturated heterocycles. The number of ketones is 1. The van der Waals surface area contributed by atoms with Gasteiger partial charge in [-0.2, -0.15) is 0 Å². The van der Waals surface area contributed by atoms with Crippen molar-refractivity contribution in [3.63, 3.8) is 0 Å². The van der Waals surface area contributed by atoms with Gasteiger partial charge in [0.25, 0.3) is 0 Å². The number of fused-ring (bicyclic) bond motifs is 1. The minimum Gasteiger partial charge on any atom is -0.389 e. The molecule has 1 heterocycles. The number of aryl methyl sites for hydroxylation is 1. The van der Waals surface area contributed by atoms with E-state index in [1.165, 1.54) is 0 Å². The molecule has 0 spiro atoms. The van der Waals surface area contributed by atoms with Gasteiger partial charge in [-0.05, 0) is 18.6 Å². The van der Waals surface area contributed by atoms with Crippen molar-refractivity contribution in [2.45, 2.75) is 6.92 Å². The van der Waals surface area contributed by atoms with E-state index in [0.29, 0.717) is 10.6 Å². The van der Waals surface area contributed by atoms with Crippen molar-refractivity contribution in [1.29, 1.82) is 0 Å². The lowest BCUT2D eigenvalue weighted by Gasteiger charge is -2.06. The van der Waals surface area contributed by atoms with Gasteiger partial charge in [-0.25, -0.2) is 0 Å². The summed E-state index contributed by atoms with van der Waals surface area (Å²) >= 11 is 5.16. The van der Waals surface area contributed by atoms with Gasteiger partial charge < -0.3 is 10.3 Å². The number of nitrogens with zero attached hydrogens (tertiary/aromatic N) is 1. The number of nitrogens with two attached hydrogens (primary N) is 1. The first-order valence-corrected chi connectivity index (χ1v) is 7.40. The molecular formula is C18H16N2OS. The smallest absolute Gasteiger partial charge is 0.162 e. The summed E-state index contributed by atoms with van der Waals surface area (Å²) in [5.74, 6) is 0.00755. The number of hydrogen-bond donors (Lipinski definition) is 1. The second-order valence-electron chi connectivity index (χ2n) is 5.27. The van der Waals surface area contributed by atoms with Gasteiger partial charge in [0.05, 0.1) is 11.3 Å². The molecule has 1 aromatic heterocycles. The maximum Gasteiger partial charge on any atom is 0.162 e. The number of aromatic nitrogens is 1. The average Bonchev–Trinajstić information content (AvgIpc) is 2.81. The third-order valence-electron chi connectivity index (χ3n) is 3.89. The van der Waals surface area contributed by atoms with Gasteiger partial charge >= 0.3 is 0 Å². The summed E-state index contributed by atoms with van der Waals surface area (Å²) in [6.45, 7) is 1.58. The molecule has 0 aliphatic carbocycles. The predicted octanol–water partition coefficient (Wildman–Crippen LogP) is 3.68. The third-order valence-corrected chi connectivity index (χ3v) is 4.11. The van der Waals surface area contributed by atoms with E-state index in [2.05, 4.69) is 0 Å². The van der Waals surface area contributed by atoms with Crippen LogP contribution in [-0.4, -0.2) is 15.3 Å². The summed E-state index contributed by atoms with van der Waals surface area (Å²) in [7, 11) is 1.96. The second-order valence-corrected chi connectivity index (χ2v) is 5.71. The molecule has 0 atom stereocenters. The molecule has 3 rings (SSSR count). The van der Waals surface area contributed by atoms with E-state index in [-0.39, 0.29) is 5.78 Å². The van der Waals surface area contributed by atoms with Crippen LogP contribution in [-0.2, 0) is 7.05 Å². The molecule has 0 fully saturated rings. The first-order chi connectivity index (χ1) is 10.5. The first kappa shape index (κ1) is 14.5. The second kappa shape index (κ2) is 5.39. The van der Waals surface area contributed by atoms with Crippen LogP contribution in [0.2, 0.25) is 0 Å². The molecule has 2 aromatic carbocycles. The van der Waals surface area contributed by atoms with Crippen molar-refractivity contribution in [3.05, 3.63) is 59.7 Å². The molecule has 2 N–H and O–H groups in total. The van der Waals surface area contributed by atoms with Crippen LogP contribution in [0, 0.1) is 0 Å². The predicted molar refractivity (Wildman–Crippen MR) is 94.2 cm³/mol. The Morgan fingerprint density at radius 2 is 1.77 bits per heavy atom. The Morgan fingerprint density at radius 1 is 1.09 bits per heavy atom. The van der Waals surface area contributed by atoms with E-state index in [9.17, 15) is 4.79 Å². The van der Waals surface area contributed by atoms with Crippen molar-refractivity contribution in [2.75, 3.05) is 0 Å². The highest BCUT2D eigenvalue weighted by Gasteiger charge is 2.22. The van der Waals surface area contributed by atoms with E-state index in [0.717, 1.165) is 27.7 Å².